The maximum absolute atomic E-state index is 11.5. The number of carbonyl (C=O) groups excluding carboxylic acids is 1. The molecule has 23 heavy (non-hydrogen) atoms. The summed E-state index contributed by atoms with van der Waals surface area (Å²) in [6.07, 6.45) is 3.71. The van der Waals surface area contributed by atoms with E-state index in [0.717, 1.165) is 18.1 Å². The molecule has 0 aliphatic rings. The van der Waals surface area contributed by atoms with E-state index in [4.69, 9.17) is 4.74 Å². The number of fused-ring (bicyclic) bond motifs is 1. The summed E-state index contributed by atoms with van der Waals surface area (Å²) in [6, 6.07) is 8.49. The van der Waals surface area contributed by atoms with Crippen molar-refractivity contribution in [3.63, 3.8) is 0 Å². The first-order valence-corrected chi connectivity index (χ1v) is 8.92. The Balaban J connectivity index is 1.64. The van der Waals surface area contributed by atoms with E-state index in [9.17, 15) is 4.79 Å². The number of benzene rings is 1. The van der Waals surface area contributed by atoms with Gasteiger partial charge in [-0.1, -0.05) is 12.1 Å². The number of nitrogens with one attached hydrogen (secondary N) is 1. The van der Waals surface area contributed by atoms with Crippen LogP contribution < -0.4 is 5.32 Å². The fourth-order valence-electron chi connectivity index (χ4n) is 2.13. The molecule has 0 saturated heterocycles. The summed E-state index contributed by atoms with van der Waals surface area (Å²) in [4.78, 5) is 15.7. The first-order valence-electron chi connectivity index (χ1n) is 7.77. The highest BCUT2D eigenvalue weighted by molar-refractivity contribution is 7.98. The molecule has 0 fully saturated rings. The molecule has 124 valence electrons. The van der Waals surface area contributed by atoms with Crippen molar-refractivity contribution >= 4 is 28.5 Å². The Kier molecular flexibility index (Phi) is 6.42. The van der Waals surface area contributed by atoms with Crippen LogP contribution in [-0.4, -0.2) is 35.4 Å². The topological polar surface area (TPSA) is 51.2 Å². The lowest BCUT2D eigenvalue weighted by atomic mass is 10.1. The van der Waals surface area contributed by atoms with Gasteiger partial charge in [-0.15, -0.1) is 0 Å². The average molecular weight is 332 g/mol. The molecule has 1 N–H and O–H groups in total. The van der Waals surface area contributed by atoms with Crippen molar-refractivity contribution < 1.29 is 9.53 Å². The highest BCUT2D eigenvalue weighted by atomic mass is 32.2. The summed E-state index contributed by atoms with van der Waals surface area (Å²) >= 11 is 1.84. The third-order valence-electron chi connectivity index (χ3n) is 3.09. The van der Waals surface area contributed by atoms with Gasteiger partial charge in [-0.25, -0.2) is 0 Å². The number of nitrogens with zero attached hydrogens (tertiary/aromatic N) is 1. The molecule has 4 nitrogen and oxygen atoms in total. The molecule has 1 aromatic heterocycles. The molecule has 0 amide bonds. The van der Waals surface area contributed by atoms with Gasteiger partial charge < -0.3 is 10.1 Å². The van der Waals surface area contributed by atoms with Gasteiger partial charge in [0.05, 0.1) is 6.54 Å². The number of ether oxygens (including phenoxy) is 1. The molecule has 0 aliphatic carbocycles. The molecule has 2 rings (SSSR count). The summed E-state index contributed by atoms with van der Waals surface area (Å²) in [5.41, 5.74) is 0.876. The Hall–Kier alpha value is -1.59. The second kappa shape index (κ2) is 8.31. The van der Waals surface area contributed by atoms with Crippen LogP contribution in [0.4, 0.5) is 0 Å². The SMILES string of the molecule is CC(C)(C)OC(=O)CNCCSCc1ccc2ccncc2c1. The summed E-state index contributed by atoms with van der Waals surface area (Å²) in [6.45, 7) is 6.68. The zero-order chi connectivity index (χ0) is 16.7. The van der Waals surface area contributed by atoms with Crippen LogP contribution in [0.1, 0.15) is 26.3 Å². The second-order valence-electron chi connectivity index (χ2n) is 6.37. The van der Waals surface area contributed by atoms with Crippen LogP contribution in [0.25, 0.3) is 10.8 Å². The van der Waals surface area contributed by atoms with Crippen LogP contribution in [0.5, 0.6) is 0 Å². The van der Waals surface area contributed by atoms with Gasteiger partial charge in [-0.05, 0) is 43.9 Å². The summed E-state index contributed by atoms with van der Waals surface area (Å²) < 4.78 is 5.24. The molecule has 0 aliphatic heterocycles. The molecule has 0 saturated carbocycles. The molecule has 5 heteroatoms. The fourth-order valence-corrected chi connectivity index (χ4v) is 2.97. The Bertz CT molecular complexity index is 653. The molecule has 0 bridgehead atoms. The van der Waals surface area contributed by atoms with E-state index >= 15 is 0 Å². The van der Waals surface area contributed by atoms with Gasteiger partial charge in [-0.2, -0.15) is 11.8 Å². The quantitative estimate of drug-likeness (QED) is 0.622. The minimum Gasteiger partial charge on any atom is -0.459 e. The number of hydrogen-bond donors (Lipinski definition) is 1. The molecule has 0 radical (unpaired) electrons. The number of pyridine rings is 1. The first kappa shape index (κ1) is 17.8. The zero-order valence-corrected chi connectivity index (χ0v) is 14.8. The van der Waals surface area contributed by atoms with Gasteiger partial charge in [0, 0.05) is 35.8 Å². The Morgan fingerprint density at radius 3 is 2.87 bits per heavy atom. The zero-order valence-electron chi connectivity index (χ0n) is 14.0. The van der Waals surface area contributed by atoms with Crippen LogP contribution in [0.3, 0.4) is 0 Å². The van der Waals surface area contributed by atoms with Crippen LogP contribution in [0.15, 0.2) is 36.7 Å². The van der Waals surface area contributed by atoms with E-state index in [1.807, 2.05) is 51.0 Å². The number of esters is 1. The van der Waals surface area contributed by atoms with Crippen LogP contribution in [0, 0.1) is 0 Å². The van der Waals surface area contributed by atoms with E-state index in [2.05, 4.69) is 28.5 Å². The third kappa shape index (κ3) is 6.59. The average Bonchev–Trinajstić information content (AvgIpc) is 2.49. The molecule has 1 aromatic carbocycles. The Morgan fingerprint density at radius 1 is 1.26 bits per heavy atom. The number of carbonyl (C=O) groups is 1. The smallest absolute Gasteiger partial charge is 0.320 e. The normalized spacial score (nSPS) is 11.6. The predicted octanol–water partition coefficient (Wildman–Crippen LogP) is 3.40. The van der Waals surface area contributed by atoms with Gasteiger partial charge in [-0.3, -0.25) is 9.78 Å². The number of rotatable bonds is 7. The summed E-state index contributed by atoms with van der Waals surface area (Å²) in [5, 5.41) is 5.51. The lowest BCUT2D eigenvalue weighted by Gasteiger charge is -2.19. The van der Waals surface area contributed by atoms with E-state index in [1.165, 1.54) is 16.3 Å². The molecule has 2 aromatic rings. The maximum Gasteiger partial charge on any atom is 0.320 e. The van der Waals surface area contributed by atoms with E-state index in [0.29, 0.717) is 0 Å². The minimum absolute atomic E-state index is 0.204. The minimum atomic E-state index is -0.418. The predicted molar refractivity (Wildman–Crippen MR) is 96.6 cm³/mol. The van der Waals surface area contributed by atoms with Crippen molar-refractivity contribution in [2.24, 2.45) is 0 Å². The van der Waals surface area contributed by atoms with Gasteiger partial charge in [0.2, 0.25) is 0 Å². The van der Waals surface area contributed by atoms with Crippen molar-refractivity contribution in [1.29, 1.82) is 0 Å². The van der Waals surface area contributed by atoms with E-state index < -0.39 is 5.60 Å². The standard InChI is InChI=1S/C18H24N2O2S/c1-18(2,3)22-17(21)12-20-8-9-23-13-14-4-5-15-6-7-19-11-16(15)10-14/h4-7,10-11,20H,8-9,12-13H2,1-3H3. The summed E-state index contributed by atoms with van der Waals surface area (Å²) in [5.74, 6) is 1.71. The maximum atomic E-state index is 11.5. The summed E-state index contributed by atoms with van der Waals surface area (Å²) in [7, 11) is 0. The number of thioether (sulfide) groups is 1. The number of hydrogen-bond acceptors (Lipinski definition) is 5. The molecular weight excluding hydrogens is 308 g/mol. The molecule has 0 spiro atoms. The Labute approximate surface area is 142 Å². The van der Waals surface area contributed by atoms with Crippen molar-refractivity contribution in [3.05, 3.63) is 42.2 Å². The van der Waals surface area contributed by atoms with E-state index in [1.54, 1.807) is 0 Å². The van der Waals surface area contributed by atoms with Crippen molar-refractivity contribution in [1.82, 2.24) is 10.3 Å². The van der Waals surface area contributed by atoms with Crippen LogP contribution in [-0.2, 0) is 15.3 Å². The monoisotopic (exact) mass is 332 g/mol. The van der Waals surface area contributed by atoms with Gasteiger partial charge in [0.1, 0.15) is 5.60 Å². The fraction of sp³-hybridized carbons (Fsp3) is 0.444. The highest BCUT2D eigenvalue weighted by Crippen LogP contribution is 2.18. The molecule has 0 unspecified atom stereocenters. The molecule has 1 heterocycles. The molecule has 0 atom stereocenters. The third-order valence-corrected chi connectivity index (χ3v) is 4.12. The van der Waals surface area contributed by atoms with Crippen LogP contribution in [0.2, 0.25) is 0 Å². The van der Waals surface area contributed by atoms with Crippen molar-refractivity contribution in [2.75, 3.05) is 18.8 Å². The number of aromatic nitrogens is 1. The Morgan fingerprint density at radius 2 is 2.09 bits per heavy atom. The van der Waals surface area contributed by atoms with Gasteiger partial charge in [0.15, 0.2) is 0 Å². The second-order valence-corrected chi connectivity index (χ2v) is 7.48. The lowest BCUT2D eigenvalue weighted by molar-refractivity contribution is -0.153. The lowest BCUT2D eigenvalue weighted by Crippen LogP contribution is -2.32. The first-order chi connectivity index (χ1) is 10.9. The van der Waals surface area contributed by atoms with Crippen molar-refractivity contribution in [3.8, 4) is 0 Å². The largest absolute Gasteiger partial charge is 0.459 e. The highest BCUT2D eigenvalue weighted by Gasteiger charge is 2.15. The van der Waals surface area contributed by atoms with Gasteiger partial charge in [0.25, 0.3) is 0 Å². The van der Waals surface area contributed by atoms with Crippen molar-refractivity contribution in [2.45, 2.75) is 32.1 Å². The molecular formula is C18H24N2O2S. The van der Waals surface area contributed by atoms with E-state index in [-0.39, 0.29) is 12.5 Å². The van der Waals surface area contributed by atoms with Gasteiger partial charge >= 0.3 is 5.97 Å². The van der Waals surface area contributed by atoms with Crippen LogP contribution >= 0.6 is 11.8 Å².